The molecule has 5 nitrogen and oxygen atoms in total. The van der Waals surface area contributed by atoms with Crippen LogP contribution < -0.4 is 0 Å². The molecule has 2 aromatic heterocycles. The van der Waals surface area contributed by atoms with Gasteiger partial charge in [0.1, 0.15) is 5.52 Å². The van der Waals surface area contributed by atoms with Gasteiger partial charge in [-0.2, -0.15) is 0 Å². The van der Waals surface area contributed by atoms with Gasteiger partial charge < -0.3 is 4.42 Å². The van der Waals surface area contributed by atoms with Crippen molar-refractivity contribution in [2.75, 3.05) is 0 Å². The monoisotopic (exact) mass is 692 g/mol. The van der Waals surface area contributed by atoms with E-state index in [0.717, 1.165) is 60.9 Å². The van der Waals surface area contributed by atoms with Gasteiger partial charge in [-0.25, -0.2) is 15.0 Å². The minimum Gasteiger partial charge on any atom is -0.436 e. The van der Waals surface area contributed by atoms with Gasteiger partial charge in [0, 0.05) is 22.3 Å². The minimum absolute atomic E-state index is 0.0237. The maximum atomic E-state index is 6.40. The maximum absolute atomic E-state index is 6.40. The van der Waals surface area contributed by atoms with E-state index in [1.165, 1.54) is 21.9 Å². The summed E-state index contributed by atoms with van der Waals surface area (Å²) in [5.74, 6) is 1.28. The van der Waals surface area contributed by atoms with Crippen LogP contribution in [0, 0.1) is 5.92 Å². The Morgan fingerprint density at radius 1 is 0.556 bits per heavy atom. The normalized spacial score (nSPS) is 16.6. The molecule has 5 heteroatoms. The molecular weight excluding hydrogens is 661 g/mol. The Morgan fingerprint density at radius 3 is 2.15 bits per heavy atom. The molecule has 0 saturated carbocycles. The predicted octanol–water partition coefficient (Wildman–Crippen LogP) is 12.2. The number of allylic oxidation sites excluding steroid dienone is 3. The second-order valence-electron chi connectivity index (χ2n) is 14.0. The summed E-state index contributed by atoms with van der Waals surface area (Å²) in [7, 11) is 0. The van der Waals surface area contributed by atoms with E-state index in [1.54, 1.807) is 0 Å². The highest BCUT2D eigenvalue weighted by atomic mass is 16.3. The van der Waals surface area contributed by atoms with Crippen LogP contribution in [0.1, 0.15) is 11.6 Å². The highest BCUT2D eigenvalue weighted by Crippen LogP contribution is 2.40. The van der Waals surface area contributed by atoms with E-state index in [4.69, 9.17) is 19.4 Å². The lowest BCUT2D eigenvalue weighted by Gasteiger charge is -2.28. The molecule has 0 radical (unpaired) electrons. The van der Waals surface area contributed by atoms with E-state index in [-0.39, 0.29) is 12.0 Å². The third-order valence-electron chi connectivity index (χ3n) is 10.8. The average molecular weight is 693 g/mol. The molecule has 7 aromatic carbocycles. The molecular formula is C49H32N4O. The Hall–Kier alpha value is -7.11. The number of aliphatic imine (C=N–C) groups is 2. The first kappa shape index (κ1) is 30.5. The predicted molar refractivity (Wildman–Crippen MR) is 222 cm³/mol. The van der Waals surface area contributed by atoms with Gasteiger partial charge >= 0.3 is 0 Å². The van der Waals surface area contributed by atoms with Crippen LogP contribution in [-0.4, -0.2) is 21.2 Å². The van der Waals surface area contributed by atoms with E-state index in [1.807, 2.05) is 30.3 Å². The van der Waals surface area contributed by atoms with Crippen molar-refractivity contribution in [2.45, 2.75) is 6.04 Å². The summed E-state index contributed by atoms with van der Waals surface area (Å²) >= 11 is 0. The van der Waals surface area contributed by atoms with Crippen molar-refractivity contribution >= 4 is 55.3 Å². The quantitative estimate of drug-likeness (QED) is 0.184. The van der Waals surface area contributed by atoms with Crippen LogP contribution in [0.5, 0.6) is 0 Å². The second kappa shape index (κ2) is 12.2. The van der Waals surface area contributed by atoms with E-state index < -0.39 is 0 Å². The Bertz CT molecular complexity index is 3030. The summed E-state index contributed by atoms with van der Waals surface area (Å²) in [6.45, 7) is 0. The molecule has 0 bridgehead atoms. The zero-order chi connectivity index (χ0) is 35.6. The van der Waals surface area contributed by atoms with E-state index in [9.17, 15) is 0 Å². The largest absolute Gasteiger partial charge is 0.436 e. The molecule has 0 spiro atoms. The fourth-order valence-electron chi connectivity index (χ4n) is 8.17. The van der Waals surface area contributed by atoms with Crippen LogP contribution in [-0.2, 0) is 0 Å². The molecule has 54 heavy (non-hydrogen) atoms. The molecule has 2 atom stereocenters. The Balaban J connectivity index is 1.09. The van der Waals surface area contributed by atoms with Gasteiger partial charge in [0.15, 0.2) is 5.58 Å². The molecule has 2 unspecified atom stereocenters. The van der Waals surface area contributed by atoms with Gasteiger partial charge in [-0.1, -0.05) is 140 Å². The van der Waals surface area contributed by atoms with Crippen LogP contribution in [0.25, 0.3) is 77.4 Å². The van der Waals surface area contributed by atoms with Gasteiger partial charge in [-0.3, -0.25) is 4.57 Å². The number of fused-ring (bicyclic) bond motifs is 6. The summed E-state index contributed by atoms with van der Waals surface area (Å²) in [5.41, 5.74) is 11.4. The number of hydrogen-bond donors (Lipinski definition) is 0. The first-order valence-electron chi connectivity index (χ1n) is 18.3. The molecule has 0 fully saturated rings. The van der Waals surface area contributed by atoms with Crippen molar-refractivity contribution in [2.24, 2.45) is 15.9 Å². The molecule has 254 valence electrons. The average Bonchev–Trinajstić information content (AvgIpc) is 3.81. The smallest absolute Gasteiger partial charge is 0.230 e. The molecule has 3 heterocycles. The number of benzene rings is 7. The van der Waals surface area contributed by atoms with Crippen molar-refractivity contribution in [1.29, 1.82) is 0 Å². The van der Waals surface area contributed by atoms with E-state index in [0.29, 0.717) is 11.9 Å². The summed E-state index contributed by atoms with van der Waals surface area (Å²) < 4.78 is 8.61. The highest BCUT2D eigenvalue weighted by molar-refractivity contribution is 6.19. The molecule has 0 amide bonds. The first-order chi connectivity index (χ1) is 26.7. The fourth-order valence-corrected chi connectivity index (χ4v) is 8.17. The van der Waals surface area contributed by atoms with E-state index in [2.05, 4.69) is 156 Å². The van der Waals surface area contributed by atoms with Gasteiger partial charge in [-0.15, -0.1) is 0 Å². The topological polar surface area (TPSA) is 55.7 Å². The van der Waals surface area contributed by atoms with Gasteiger partial charge in [0.2, 0.25) is 11.9 Å². The van der Waals surface area contributed by atoms with Crippen LogP contribution >= 0.6 is 0 Å². The number of oxazole rings is 1. The molecule has 1 aliphatic heterocycles. The summed E-state index contributed by atoms with van der Waals surface area (Å²) in [5, 5.41) is 4.65. The Morgan fingerprint density at radius 2 is 1.30 bits per heavy atom. The molecule has 1 aliphatic carbocycles. The van der Waals surface area contributed by atoms with Crippen molar-refractivity contribution < 1.29 is 4.42 Å². The lowest BCUT2D eigenvalue weighted by molar-refractivity contribution is 0.620. The molecule has 0 N–H and O–H groups in total. The first-order valence-corrected chi connectivity index (χ1v) is 18.3. The standard InChI is InChI=1S/C49H32N4O/c1-3-12-31(13-4-1)36-26-27-44-40(28-36)41-29-46-43(50-48(54-46)35-15-5-2-6-16-35)30-45(41)53(44)49-51-42-21-10-9-19-39(42)47(52-49)34-24-22-33(23-25-34)38-20-11-17-32-14-7-8-18-37(32)38/h1-30,39,47H. The molecule has 0 saturated heterocycles. The molecule has 9 aromatic rings. The van der Waals surface area contributed by atoms with Gasteiger partial charge in [0.25, 0.3) is 0 Å². The number of nitrogens with zero attached hydrogens (tertiary/aromatic N) is 4. The lowest BCUT2D eigenvalue weighted by atomic mass is 9.85. The van der Waals surface area contributed by atoms with Crippen LogP contribution in [0.2, 0.25) is 0 Å². The number of rotatable bonds is 4. The van der Waals surface area contributed by atoms with E-state index >= 15 is 0 Å². The highest BCUT2D eigenvalue weighted by Gasteiger charge is 2.31. The number of aromatic nitrogens is 2. The van der Waals surface area contributed by atoms with Gasteiger partial charge in [0.05, 0.1) is 22.8 Å². The molecule has 11 rings (SSSR count). The fraction of sp³-hybridized carbons (Fsp3) is 0.0408. The SMILES string of the molecule is C1=CC2=NC(n3c4ccc(-c5ccccc5)cc4c4cc5oc(-c6ccccc6)nc5cc43)=NC(c3ccc(-c4cccc5ccccc45)cc3)C2C=C1. The van der Waals surface area contributed by atoms with Crippen molar-refractivity contribution in [1.82, 2.24) is 9.55 Å². The third-order valence-corrected chi connectivity index (χ3v) is 10.8. The Kier molecular flexibility index (Phi) is 6.92. The Labute approximate surface area is 311 Å². The summed E-state index contributed by atoms with van der Waals surface area (Å²) in [6.07, 6.45) is 8.53. The molecule has 2 aliphatic rings. The zero-order valence-electron chi connectivity index (χ0n) is 29.2. The zero-order valence-corrected chi connectivity index (χ0v) is 29.2. The summed E-state index contributed by atoms with van der Waals surface area (Å²) in [4.78, 5) is 15.7. The lowest BCUT2D eigenvalue weighted by Crippen LogP contribution is -2.28. The van der Waals surface area contributed by atoms with Crippen LogP contribution in [0.4, 0.5) is 0 Å². The number of hydrogen-bond acceptors (Lipinski definition) is 4. The van der Waals surface area contributed by atoms with Crippen LogP contribution in [0.15, 0.2) is 196 Å². The van der Waals surface area contributed by atoms with Crippen LogP contribution in [0.3, 0.4) is 0 Å². The third kappa shape index (κ3) is 4.97. The van der Waals surface area contributed by atoms with Crippen molar-refractivity contribution in [3.05, 3.63) is 188 Å². The van der Waals surface area contributed by atoms with Crippen molar-refractivity contribution in [3.8, 4) is 33.7 Å². The second-order valence-corrected chi connectivity index (χ2v) is 14.0. The summed E-state index contributed by atoms with van der Waals surface area (Å²) in [6, 6.07) is 55.3. The van der Waals surface area contributed by atoms with Crippen molar-refractivity contribution in [3.63, 3.8) is 0 Å². The minimum atomic E-state index is -0.160. The maximum Gasteiger partial charge on any atom is 0.230 e. The van der Waals surface area contributed by atoms with Gasteiger partial charge in [-0.05, 0) is 81.1 Å².